The van der Waals surface area contributed by atoms with E-state index >= 15 is 0 Å². The Balaban J connectivity index is 1.86. The van der Waals surface area contributed by atoms with E-state index in [1.807, 2.05) is 24.3 Å². The Labute approximate surface area is 148 Å². The van der Waals surface area contributed by atoms with Crippen LogP contribution in [0.25, 0.3) is 10.2 Å². The molecular formula is C17H16N4O3S. The van der Waals surface area contributed by atoms with Crippen LogP contribution in [0.3, 0.4) is 0 Å². The molecule has 1 N–H and O–H groups in total. The van der Waals surface area contributed by atoms with Crippen LogP contribution in [0.2, 0.25) is 0 Å². The Morgan fingerprint density at radius 3 is 2.76 bits per heavy atom. The van der Waals surface area contributed by atoms with Crippen molar-refractivity contribution in [2.45, 2.75) is 6.54 Å². The first-order valence-electron chi connectivity index (χ1n) is 7.55. The third-order valence-corrected chi connectivity index (χ3v) is 4.79. The summed E-state index contributed by atoms with van der Waals surface area (Å²) < 4.78 is 1.06. The maximum absolute atomic E-state index is 12.8. The van der Waals surface area contributed by atoms with Crippen molar-refractivity contribution in [1.29, 1.82) is 0 Å². The fourth-order valence-electron chi connectivity index (χ4n) is 2.51. The molecule has 0 unspecified atom stereocenters. The van der Waals surface area contributed by atoms with Crippen LogP contribution in [-0.4, -0.2) is 34.8 Å². The minimum atomic E-state index is -0.510. The molecular weight excluding hydrogens is 340 g/mol. The molecule has 25 heavy (non-hydrogen) atoms. The van der Waals surface area contributed by atoms with Gasteiger partial charge in [0.05, 0.1) is 27.2 Å². The van der Waals surface area contributed by atoms with Gasteiger partial charge in [0.2, 0.25) is 0 Å². The maximum Gasteiger partial charge on any atom is 0.270 e. The predicted octanol–water partition coefficient (Wildman–Crippen LogP) is 3.52. The molecule has 0 aliphatic carbocycles. The molecule has 7 nitrogen and oxygen atoms in total. The smallest absolute Gasteiger partial charge is 0.270 e. The standard InChI is InChI=1S/C17H16N4O3S/c1-18-13-8-7-11(21(23)24)9-12(13)17(22)20(2)10-16-19-14-5-3-4-6-15(14)25-16/h3-9,18H,10H2,1-2H3. The van der Waals surface area contributed by atoms with Gasteiger partial charge >= 0.3 is 0 Å². The summed E-state index contributed by atoms with van der Waals surface area (Å²) >= 11 is 1.53. The summed E-state index contributed by atoms with van der Waals surface area (Å²) in [4.78, 5) is 29.3. The van der Waals surface area contributed by atoms with Crippen LogP contribution in [0.4, 0.5) is 11.4 Å². The molecule has 8 heteroatoms. The molecule has 0 saturated heterocycles. The monoisotopic (exact) mass is 356 g/mol. The second-order valence-corrected chi connectivity index (χ2v) is 6.59. The highest BCUT2D eigenvalue weighted by molar-refractivity contribution is 7.18. The van der Waals surface area contributed by atoms with E-state index in [4.69, 9.17) is 0 Å². The van der Waals surface area contributed by atoms with E-state index in [1.54, 1.807) is 14.1 Å². The van der Waals surface area contributed by atoms with Crippen molar-refractivity contribution in [2.75, 3.05) is 19.4 Å². The van der Waals surface area contributed by atoms with E-state index < -0.39 is 4.92 Å². The number of carbonyl (C=O) groups is 1. The highest BCUT2D eigenvalue weighted by atomic mass is 32.1. The van der Waals surface area contributed by atoms with Crippen molar-refractivity contribution in [3.8, 4) is 0 Å². The van der Waals surface area contributed by atoms with E-state index in [2.05, 4.69) is 10.3 Å². The molecule has 1 aromatic heterocycles. The van der Waals surface area contributed by atoms with Crippen molar-refractivity contribution >= 4 is 38.8 Å². The number of fused-ring (bicyclic) bond motifs is 1. The molecule has 0 atom stereocenters. The molecule has 0 saturated carbocycles. The zero-order valence-corrected chi connectivity index (χ0v) is 14.5. The number of nitro benzene ring substituents is 1. The number of anilines is 1. The van der Waals surface area contributed by atoms with Gasteiger partial charge in [0.1, 0.15) is 5.01 Å². The quantitative estimate of drug-likeness (QED) is 0.558. The van der Waals surface area contributed by atoms with Crippen LogP contribution < -0.4 is 5.32 Å². The van der Waals surface area contributed by atoms with Crippen molar-refractivity contribution in [1.82, 2.24) is 9.88 Å². The molecule has 2 aromatic carbocycles. The Kier molecular flexibility index (Phi) is 4.62. The molecule has 0 fully saturated rings. The summed E-state index contributed by atoms with van der Waals surface area (Å²) in [6.45, 7) is 0.337. The minimum Gasteiger partial charge on any atom is -0.387 e. The van der Waals surface area contributed by atoms with Gasteiger partial charge in [-0.3, -0.25) is 14.9 Å². The van der Waals surface area contributed by atoms with Crippen molar-refractivity contribution < 1.29 is 9.72 Å². The van der Waals surface area contributed by atoms with Crippen molar-refractivity contribution in [3.05, 3.63) is 63.1 Å². The van der Waals surface area contributed by atoms with Crippen LogP contribution in [0.1, 0.15) is 15.4 Å². The summed E-state index contributed by atoms with van der Waals surface area (Å²) in [5.74, 6) is -0.299. The van der Waals surface area contributed by atoms with Crippen LogP contribution >= 0.6 is 11.3 Å². The van der Waals surface area contributed by atoms with E-state index in [-0.39, 0.29) is 17.2 Å². The van der Waals surface area contributed by atoms with Crippen molar-refractivity contribution in [2.24, 2.45) is 0 Å². The van der Waals surface area contributed by atoms with E-state index in [0.29, 0.717) is 12.2 Å². The number of hydrogen-bond acceptors (Lipinski definition) is 6. The Bertz CT molecular complexity index is 921. The van der Waals surface area contributed by atoms with E-state index in [1.165, 1.54) is 34.4 Å². The van der Waals surface area contributed by atoms with Gasteiger partial charge in [0.15, 0.2) is 0 Å². The lowest BCUT2D eigenvalue weighted by Gasteiger charge is -2.17. The van der Waals surface area contributed by atoms with Gasteiger partial charge in [-0.05, 0) is 18.2 Å². The Morgan fingerprint density at radius 1 is 1.32 bits per heavy atom. The first-order chi connectivity index (χ1) is 12.0. The molecule has 0 aliphatic heterocycles. The highest BCUT2D eigenvalue weighted by Crippen LogP contribution is 2.25. The fraction of sp³-hybridized carbons (Fsp3) is 0.176. The largest absolute Gasteiger partial charge is 0.387 e. The molecule has 0 bridgehead atoms. The van der Waals surface area contributed by atoms with Crippen LogP contribution in [0.15, 0.2) is 42.5 Å². The predicted molar refractivity (Wildman–Crippen MR) is 98.1 cm³/mol. The summed E-state index contributed by atoms with van der Waals surface area (Å²) in [7, 11) is 3.33. The summed E-state index contributed by atoms with van der Waals surface area (Å²) in [6.07, 6.45) is 0. The number of benzene rings is 2. The topological polar surface area (TPSA) is 88.4 Å². The minimum absolute atomic E-state index is 0.115. The number of hydrogen-bond donors (Lipinski definition) is 1. The number of nitrogens with one attached hydrogen (secondary N) is 1. The van der Waals surface area contributed by atoms with Crippen LogP contribution in [-0.2, 0) is 6.54 Å². The molecule has 3 aromatic rings. The lowest BCUT2D eigenvalue weighted by atomic mass is 10.1. The molecule has 1 heterocycles. The van der Waals surface area contributed by atoms with Gasteiger partial charge in [-0.25, -0.2) is 4.98 Å². The number of thiazole rings is 1. The van der Waals surface area contributed by atoms with Gasteiger partial charge < -0.3 is 10.2 Å². The molecule has 1 amide bonds. The molecule has 128 valence electrons. The lowest BCUT2D eigenvalue weighted by Crippen LogP contribution is -2.27. The third kappa shape index (κ3) is 3.43. The van der Waals surface area contributed by atoms with Crippen LogP contribution in [0, 0.1) is 10.1 Å². The van der Waals surface area contributed by atoms with E-state index in [9.17, 15) is 14.9 Å². The summed E-state index contributed by atoms with van der Waals surface area (Å²) in [6, 6.07) is 12.0. The second kappa shape index (κ2) is 6.86. The van der Waals surface area contributed by atoms with Gasteiger partial charge in [0, 0.05) is 31.9 Å². The number of nitro groups is 1. The Hall–Kier alpha value is -3.00. The van der Waals surface area contributed by atoms with Gasteiger partial charge in [-0.2, -0.15) is 0 Å². The second-order valence-electron chi connectivity index (χ2n) is 5.47. The molecule has 0 radical (unpaired) electrons. The molecule has 3 rings (SSSR count). The average molecular weight is 356 g/mol. The lowest BCUT2D eigenvalue weighted by molar-refractivity contribution is -0.384. The first-order valence-corrected chi connectivity index (χ1v) is 8.37. The Morgan fingerprint density at radius 2 is 2.08 bits per heavy atom. The number of carbonyl (C=O) groups excluding carboxylic acids is 1. The van der Waals surface area contributed by atoms with Gasteiger partial charge in [0.25, 0.3) is 11.6 Å². The summed E-state index contributed by atoms with van der Waals surface area (Å²) in [5.41, 5.74) is 1.59. The van der Waals surface area contributed by atoms with Crippen LogP contribution in [0.5, 0.6) is 0 Å². The number of non-ortho nitro benzene ring substituents is 1. The van der Waals surface area contributed by atoms with Crippen molar-refractivity contribution in [3.63, 3.8) is 0 Å². The first kappa shape index (κ1) is 16.8. The SMILES string of the molecule is CNc1ccc([N+](=O)[O-])cc1C(=O)N(C)Cc1nc2ccccc2s1. The normalized spacial score (nSPS) is 10.6. The zero-order chi connectivity index (χ0) is 18.0. The number of para-hydroxylation sites is 1. The number of rotatable bonds is 5. The zero-order valence-electron chi connectivity index (χ0n) is 13.7. The number of aromatic nitrogens is 1. The van der Waals surface area contributed by atoms with Gasteiger partial charge in [-0.1, -0.05) is 12.1 Å². The molecule has 0 aliphatic rings. The number of amides is 1. The average Bonchev–Trinajstić information content (AvgIpc) is 3.02. The van der Waals surface area contributed by atoms with E-state index in [0.717, 1.165) is 15.2 Å². The number of nitrogens with zero attached hydrogens (tertiary/aromatic N) is 3. The van der Waals surface area contributed by atoms with Gasteiger partial charge in [-0.15, -0.1) is 11.3 Å². The highest BCUT2D eigenvalue weighted by Gasteiger charge is 2.20. The molecule has 0 spiro atoms. The third-order valence-electron chi connectivity index (χ3n) is 3.77. The summed E-state index contributed by atoms with van der Waals surface area (Å²) in [5, 5.41) is 14.7. The maximum atomic E-state index is 12.8. The fourth-order valence-corrected chi connectivity index (χ4v) is 3.53.